The summed E-state index contributed by atoms with van der Waals surface area (Å²) in [5.41, 5.74) is 2.20. The number of nitrogens with one attached hydrogen (secondary N) is 1. The van der Waals surface area contributed by atoms with E-state index in [1.807, 2.05) is 22.9 Å². The molecule has 1 aliphatic rings. The van der Waals surface area contributed by atoms with Gasteiger partial charge in [0.05, 0.1) is 6.04 Å². The third-order valence-electron chi connectivity index (χ3n) is 5.07. The molecule has 0 saturated carbocycles. The quantitative estimate of drug-likeness (QED) is 0.629. The molecule has 1 saturated heterocycles. The zero-order valence-corrected chi connectivity index (χ0v) is 16.5. The number of rotatable bonds is 8. The number of carbonyl (C=O) groups excluding carboxylic acids is 1. The van der Waals surface area contributed by atoms with Crippen molar-refractivity contribution in [3.8, 4) is 11.4 Å². The Kier molecular flexibility index (Phi) is 6.14. The molecule has 1 aliphatic heterocycles. The number of thiophene rings is 1. The summed E-state index contributed by atoms with van der Waals surface area (Å²) in [6, 6.07) is 12.6. The van der Waals surface area contributed by atoms with Crippen molar-refractivity contribution in [1.82, 2.24) is 20.4 Å². The molecule has 3 heterocycles. The highest BCUT2D eigenvalue weighted by molar-refractivity contribution is 7.08. The van der Waals surface area contributed by atoms with E-state index in [0.29, 0.717) is 31.1 Å². The Morgan fingerprint density at radius 2 is 2.04 bits per heavy atom. The van der Waals surface area contributed by atoms with E-state index < -0.39 is 0 Å². The van der Waals surface area contributed by atoms with Crippen LogP contribution in [0.3, 0.4) is 0 Å². The first-order chi connectivity index (χ1) is 13.8. The highest BCUT2D eigenvalue weighted by Crippen LogP contribution is 2.24. The van der Waals surface area contributed by atoms with Gasteiger partial charge >= 0.3 is 0 Å². The van der Waals surface area contributed by atoms with E-state index in [2.05, 4.69) is 44.6 Å². The molecule has 0 spiro atoms. The van der Waals surface area contributed by atoms with Crippen molar-refractivity contribution in [3.63, 3.8) is 0 Å². The number of likely N-dealkylation sites (tertiary alicyclic amines) is 1. The Morgan fingerprint density at radius 3 is 2.79 bits per heavy atom. The highest BCUT2D eigenvalue weighted by atomic mass is 32.1. The summed E-state index contributed by atoms with van der Waals surface area (Å²) in [6.45, 7) is 2.79. The van der Waals surface area contributed by atoms with Crippen LogP contribution in [0, 0.1) is 0 Å². The summed E-state index contributed by atoms with van der Waals surface area (Å²) in [5.74, 6) is 1.08. The second-order valence-electron chi connectivity index (χ2n) is 7.00. The lowest BCUT2D eigenvalue weighted by molar-refractivity contribution is -0.121. The third kappa shape index (κ3) is 4.66. The first-order valence-corrected chi connectivity index (χ1v) is 10.6. The smallest absolute Gasteiger partial charge is 0.227 e. The first kappa shape index (κ1) is 18.8. The van der Waals surface area contributed by atoms with Gasteiger partial charge in [-0.05, 0) is 42.9 Å². The van der Waals surface area contributed by atoms with Gasteiger partial charge in [0.2, 0.25) is 17.6 Å². The Bertz CT molecular complexity index is 873. The first-order valence-electron chi connectivity index (χ1n) is 9.70. The molecule has 1 unspecified atom stereocenters. The van der Waals surface area contributed by atoms with Gasteiger partial charge in [-0.15, -0.1) is 0 Å². The second kappa shape index (κ2) is 9.12. The van der Waals surface area contributed by atoms with E-state index in [-0.39, 0.29) is 11.9 Å². The number of carbonyl (C=O) groups is 1. The van der Waals surface area contributed by atoms with Crippen LogP contribution < -0.4 is 5.32 Å². The molecule has 6 nitrogen and oxygen atoms in total. The molecule has 0 bridgehead atoms. The van der Waals surface area contributed by atoms with Gasteiger partial charge in [-0.3, -0.25) is 9.69 Å². The number of nitrogens with zero attached hydrogens (tertiary/aromatic N) is 3. The predicted molar refractivity (Wildman–Crippen MR) is 109 cm³/mol. The molecule has 1 fully saturated rings. The molecule has 3 aromatic rings. The lowest BCUT2D eigenvalue weighted by atomic mass is 10.1. The van der Waals surface area contributed by atoms with E-state index in [9.17, 15) is 4.79 Å². The van der Waals surface area contributed by atoms with E-state index >= 15 is 0 Å². The maximum Gasteiger partial charge on any atom is 0.227 e. The van der Waals surface area contributed by atoms with Gasteiger partial charge in [-0.2, -0.15) is 16.3 Å². The van der Waals surface area contributed by atoms with Crippen LogP contribution in [0.25, 0.3) is 11.4 Å². The van der Waals surface area contributed by atoms with Crippen molar-refractivity contribution >= 4 is 17.2 Å². The van der Waals surface area contributed by atoms with Gasteiger partial charge in [-0.1, -0.05) is 35.5 Å². The Balaban J connectivity index is 1.30. The maximum absolute atomic E-state index is 12.4. The van der Waals surface area contributed by atoms with Crippen LogP contribution in [0.1, 0.15) is 36.8 Å². The lowest BCUT2D eigenvalue weighted by Gasteiger charge is -2.28. The Labute approximate surface area is 168 Å². The molecule has 7 heteroatoms. The lowest BCUT2D eigenvalue weighted by Crippen LogP contribution is -2.36. The number of benzene rings is 1. The van der Waals surface area contributed by atoms with Crippen molar-refractivity contribution < 1.29 is 9.32 Å². The topological polar surface area (TPSA) is 71.3 Å². The molecule has 1 atom stereocenters. The van der Waals surface area contributed by atoms with Crippen molar-refractivity contribution in [2.75, 3.05) is 19.6 Å². The summed E-state index contributed by atoms with van der Waals surface area (Å²) in [5, 5.41) is 11.0. The normalized spacial score (nSPS) is 15.6. The van der Waals surface area contributed by atoms with Crippen LogP contribution in [-0.4, -0.2) is 40.6 Å². The fourth-order valence-electron chi connectivity index (χ4n) is 3.57. The van der Waals surface area contributed by atoms with Crippen LogP contribution in [0.15, 0.2) is 51.7 Å². The predicted octanol–water partition coefficient (Wildman–Crippen LogP) is 3.68. The van der Waals surface area contributed by atoms with Gasteiger partial charge in [0.25, 0.3) is 0 Å². The largest absolute Gasteiger partial charge is 0.354 e. The van der Waals surface area contributed by atoms with Crippen LogP contribution in [0.2, 0.25) is 0 Å². The van der Waals surface area contributed by atoms with Gasteiger partial charge < -0.3 is 9.84 Å². The molecule has 1 N–H and O–H groups in total. The van der Waals surface area contributed by atoms with E-state index in [0.717, 1.165) is 18.7 Å². The number of amides is 1. The van der Waals surface area contributed by atoms with E-state index in [4.69, 9.17) is 4.52 Å². The van der Waals surface area contributed by atoms with Crippen LogP contribution in [0.5, 0.6) is 0 Å². The minimum Gasteiger partial charge on any atom is -0.354 e. The molecule has 28 heavy (non-hydrogen) atoms. The molecular weight excluding hydrogens is 372 g/mol. The second-order valence-corrected chi connectivity index (χ2v) is 7.78. The van der Waals surface area contributed by atoms with E-state index in [1.54, 1.807) is 11.3 Å². The SMILES string of the molecule is O=C(CCc1nc(-c2ccsc2)no1)NCC(c1ccccc1)N1CCCC1. The van der Waals surface area contributed by atoms with Crippen LogP contribution in [0.4, 0.5) is 0 Å². The van der Waals surface area contributed by atoms with Gasteiger partial charge in [0, 0.05) is 30.3 Å². The molecule has 146 valence electrons. The summed E-state index contributed by atoms with van der Waals surface area (Å²) in [6.07, 6.45) is 3.23. The summed E-state index contributed by atoms with van der Waals surface area (Å²) in [4.78, 5) is 19.2. The Morgan fingerprint density at radius 1 is 1.21 bits per heavy atom. The highest BCUT2D eigenvalue weighted by Gasteiger charge is 2.23. The molecular formula is C21H24N4O2S. The summed E-state index contributed by atoms with van der Waals surface area (Å²) >= 11 is 1.59. The van der Waals surface area contributed by atoms with Gasteiger partial charge in [0.1, 0.15) is 0 Å². The minimum absolute atomic E-state index is 0.00964. The number of aryl methyl sites for hydroxylation is 1. The Hall–Kier alpha value is -2.51. The zero-order valence-electron chi connectivity index (χ0n) is 15.7. The molecule has 0 aliphatic carbocycles. The minimum atomic E-state index is 0.00964. The monoisotopic (exact) mass is 396 g/mol. The van der Waals surface area contributed by atoms with Crippen molar-refractivity contribution in [2.24, 2.45) is 0 Å². The average molecular weight is 397 g/mol. The molecule has 1 amide bonds. The van der Waals surface area contributed by atoms with Gasteiger partial charge in [0.15, 0.2) is 0 Å². The van der Waals surface area contributed by atoms with Crippen molar-refractivity contribution in [2.45, 2.75) is 31.7 Å². The summed E-state index contributed by atoms with van der Waals surface area (Å²) in [7, 11) is 0. The van der Waals surface area contributed by atoms with Crippen LogP contribution >= 0.6 is 11.3 Å². The summed E-state index contributed by atoms with van der Waals surface area (Å²) < 4.78 is 5.27. The standard InChI is InChI=1S/C21H24N4O2S/c26-19(8-9-20-23-21(24-27-20)17-10-13-28-15-17)22-14-18(25-11-4-5-12-25)16-6-2-1-3-7-16/h1-3,6-7,10,13,15,18H,4-5,8-9,11-12,14H2,(H,22,26). The van der Waals surface area contributed by atoms with Crippen molar-refractivity contribution in [3.05, 3.63) is 58.6 Å². The zero-order chi connectivity index (χ0) is 19.2. The number of hydrogen-bond acceptors (Lipinski definition) is 6. The van der Waals surface area contributed by atoms with Crippen LogP contribution in [-0.2, 0) is 11.2 Å². The number of hydrogen-bond donors (Lipinski definition) is 1. The van der Waals surface area contributed by atoms with E-state index in [1.165, 1.54) is 18.4 Å². The fourth-order valence-corrected chi connectivity index (χ4v) is 4.21. The fraction of sp³-hybridized carbons (Fsp3) is 0.381. The molecule has 0 radical (unpaired) electrons. The average Bonchev–Trinajstić information content (AvgIpc) is 3.49. The molecule has 4 rings (SSSR count). The third-order valence-corrected chi connectivity index (χ3v) is 5.75. The van der Waals surface area contributed by atoms with Crippen molar-refractivity contribution in [1.29, 1.82) is 0 Å². The van der Waals surface area contributed by atoms with Gasteiger partial charge in [-0.25, -0.2) is 0 Å². The maximum atomic E-state index is 12.4. The molecule has 1 aromatic carbocycles. The number of aromatic nitrogens is 2. The molecule has 2 aromatic heterocycles.